The zero-order chi connectivity index (χ0) is 12.1. The molecule has 0 saturated carbocycles. The number of carbonyl (C=O) groups is 1. The summed E-state index contributed by atoms with van der Waals surface area (Å²) >= 11 is 0. The van der Waals surface area contributed by atoms with Crippen LogP contribution in [-0.2, 0) is 6.54 Å². The molecule has 0 aliphatic heterocycles. The molecule has 17 heavy (non-hydrogen) atoms. The number of nitrogens with one attached hydrogen (secondary N) is 1. The van der Waals surface area contributed by atoms with Crippen molar-refractivity contribution in [2.45, 2.75) is 6.54 Å². The van der Waals surface area contributed by atoms with Gasteiger partial charge >= 0.3 is 0 Å². The third-order valence-electron chi connectivity index (χ3n) is 1.91. The lowest BCUT2D eigenvalue weighted by molar-refractivity contribution is 0.102. The lowest BCUT2D eigenvalue weighted by Gasteiger charge is -1.99. The molecule has 84 valence electrons. The van der Waals surface area contributed by atoms with Crippen LogP contribution in [-0.4, -0.2) is 25.7 Å². The van der Waals surface area contributed by atoms with E-state index in [2.05, 4.69) is 20.4 Å². The molecule has 0 radical (unpaired) electrons. The van der Waals surface area contributed by atoms with Crippen LogP contribution in [0, 0.1) is 11.3 Å². The number of amides is 1. The summed E-state index contributed by atoms with van der Waals surface area (Å²) in [5.41, 5.74) is 0.210. The third kappa shape index (κ3) is 2.63. The van der Waals surface area contributed by atoms with Crippen molar-refractivity contribution in [1.82, 2.24) is 19.7 Å². The molecule has 0 aliphatic carbocycles. The van der Waals surface area contributed by atoms with Crippen LogP contribution in [0.4, 0.5) is 5.82 Å². The van der Waals surface area contributed by atoms with Gasteiger partial charge in [0, 0.05) is 24.7 Å². The molecule has 0 saturated heterocycles. The maximum atomic E-state index is 11.7. The fourth-order valence-electron chi connectivity index (χ4n) is 1.19. The molecule has 7 nitrogen and oxygen atoms in total. The molecular formula is C10H8N6O. The first-order chi connectivity index (χ1) is 8.29. The molecule has 2 rings (SSSR count). The Hall–Kier alpha value is -2.75. The quantitative estimate of drug-likeness (QED) is 0.822. The molecule has 0 spiro atoms. The Morgan fingerprint density at radius 3 is 3.12 bits per heavy atom. The van der Waals surface area contributed by atoms with Gasteiger partial charge < -0.3 is 5.32 Å². The molecule has 0 fully saturated rings. The van der Waals surface area contributed by atoms with Gasteiger partial charge in [0.15, 0.2) is 5.82 Å². The number of aromatic nitrogens is 4. The third-order valence-corrected chi connectivity index (χ3v) is 1.91. The van der Waals surface area contributed by atoms with Crippen LogP contribution in [0.5, 0.6) is 0 Å². The molecule has 0 atom stereocenters. The SMILES string of the molecule is N#CCn1ccc(NC(=O)c2cnccn2)n1. The van der Waals surface area contributed by atoms with Gasteiger partial charge in [0.1, 0.15) is 12.2 Å². The molecule has 7 heteroatoms. The summed E-state index contributed by atoms with van der Waals surface area (Å²) in [5.74, 6) is -0.0174. The summed E-state index contributed by atoms with van der Waals surface area (Å²) in [6, 6.07) is 3.55. The highest BCUT2D eigenvalue weighted by Crippen LogP contribution is 2.04. The lowest BCUT2D eigenvalue weighted by Crippen LogP contribution is -2.14. The van der Waals surface area contributed by atoms with Crippen molar-refractivity contribution in [2.75, 3.05) is 5.32 Å². The van der Waals surface area contributed by atoms with Crippen LogP contribution in [0.25, 0.3) is 0 Å². The van der Waals surface area contributed by atoms with Gasteiger partial charge in [0.25, 0.3) is 5.91 Å². The zero-order valence-corrected chi connectivity index (χ0v) is 8.74. The molecule has 1 amide bonds. The van der Waals surface area contributed by atoms with Crippen molar-refractivity contribution in [3.8, 4) is 6.07 Å². The number of carbonyl (C=O) groups excluding carboxylic acids is 1. The van der Waals surface area contributed by atoms with E-state index in [0.29, 0.717) is 5.82 Å². The van der Waals surface area contributed by atoms with Crippen molar-refractivity contribution in [1.29, 1.82) is 5.26 Å². The van der Waals surface area contributed by atoms with Gasteiger partial charge in [-0.3, -0.25) is 14.5 Å². The van der Waals surface area contributed by atoms with Gasteiger partial charge in [-0.05, 0) is 0 Å². The number of nitrogens with zero attached hydrogens (tertiary/aromatic N) is 5. The standard InChI is InChI=1S/C10H8N6O/c11-2-6-16-5-1-9(15-16)14-10(17)8-7-12-3-4-13-8/h1,3-5,7H,6H2,(H,14,15,17). The Balaban J connectivity index is 2.06. The Bertz CT molecular complexity index is 556. The Labute approximate surface area is 96.7 Å². The van der Waals surface area contributed by atoms with E-state index in [1.54, 1.807) is 12.3 Å². The van der Waals surface area contributed by atoms with E-state index in [4.69, 9.17) is 5.26 Å². The largest absolute Gasteiger partial charge is 0.304 e. The first kappa shape index (κ1) is 10.8. The normalized spacial score (nSPS) is 9.59. The molecular weight excluding hydrogens is 220 g/mol. The summed E-state index contributed by atoms with van der Waals surface area (Å²) < 4.78 is 1.42. The van der Waals surface area contributed by atoms with E-state index >= 15 is 0 Å². The predicted molar refractivity (Wildman–Crippen MR) is 57.8 cm³/mol. The van der Waals surface area contributed by atoms with Crippen LogP contribution in [0.3, 0.4) is 0 Å². The maximum absolute atomic E-state index is 11.7. The van der Waals surface area contributed by atoms with Crippen molar-refractivity contribution >= 4 is 11.7 Å². The number of hydrogen-bond acceptors (Lipinski definition) is 5. The second kappa shape index (κ2) is 4.85. The highest BCUT2D eigenvalue weighted by atomic mass is 16.2. The number of nitriles is 1. The van der Waals surface area contributed by atoms with E-state index in [1.165, 1.54) is 23.3 Å². The summed E-state index contributed by atoms with van der Waals surface area (Å²) in [4.78, 5) is 19.3. The highest BCUT2D eigenvalue weighted by molar-refractivity contribution is 6.01. The summed E-state index contributed by atoms with van der Waals surface area (Å²) in [6.07, 6.45) is 5.89. The molecule has 0 bridgehead atoms. The number of rotatable bonds is 3. The van der Waals surface area contributed by atoms with Crippen molar-refractivity contribution in [3.63, 3.8) is 0 Å². The van der Waals surface area contributed by atoms with Crippen molar-refractivity contribution in [2.24, 2.45) is 0 Å². The monoisotopic (exact) mass is 228 g/mol. The van der Waals surface area contributed by atoms with Gasteiger partial charge in [-0.2, -0.15) is 10.4 Å². The molecule has 2 aromatic heterocycles. The van der Waals surface area contributed by atoms with Gasteiger partial charge in [0.05, 0.1) is 12.3 Å². The van der Waals surface area contributed by atoms with E-state index in [-0.39, 0.29) is 18.1 Å². The minimum atomic E-state index is -0.389. The fraction of sp³-hybridized carbons (Fsp3) is 0.100. The molecule has 0 aliphatic rings. The first-order valence-electron chi connectivity index (χ1n) is 4.77. The second-order valence-corrected chi connectivity index (χ2v) is 3.10. The van der Waals surface area contributed by atoms with Crippen molar-refractivity contribution in [3.05, 3.63) is 36.5 Å². The average Bonchev–Trinajstić information content (AvgIpc) is 2.78. The smallest absolute Gasteiger partial charge is 0.277 e. The summed E-state index contributed by atoms with van der Waals surface area (Å²) in [7, 11) is 0. The van der Waals surface area contributed by atoms with E-state index in [1.807, 2.05) is 6.07 Å². The van der Waals surface area contributed by atoms with Crippen LogP contribution in [0.15, 0.2) is 30.9 Å². The summed E-state index contributed by atoms with van der Waals surface area (Å²) in [6.45, 7) is 0.140. The number of hydrogen-bond donors (Lipinski definition) is 1. The van der Waals surface area contributed by atoms with Crippen LogP contribution in [0.2, 0.25) is 0 Å². The van der Waals surface area contributed by atoms with Gasteiger partial charge in [-0.25, -0.2) is 4.98 Å². The first-order valence-corrected chi connectivity index (χ1v) is 4.77. The lowest BCUT2D eigenvalue weighted by atomic mass is 10.4. The van der Waals surface area contributed by atoms with Crippen LogP contribution < -0.4 is 5.32 Å². The maximum Gasteiger partial charge on any atom is 0.277 e. The predicted octanol–water partition coefficient (Wildman–Crippen LogP) is 0.449. The highest BCUT2D eigenvalue weighted by Gasteiger charge is 2.08. The fourth-order valence-corrected chi connectivity index (χ4v) is 1.19. The minimum Gasteiger partial charge on any atom is -0.304 e. The number of anilines is 1. The molecule has 1 N–H and O–H groups in total. The Morgan fingerprint density at radius 1 is 1.53 bits per heavy atom. The Morgan fingerprint density at radius 2 is 2.41 bits per heavy atom. The summed E-state index contributed by atoms with van der Waals surface area (Å²) in [5, 5.41) is 15.0. The Kier molecular flexibility index (Phi) is 3.07. The molecule has 0 unspecified atom stereocenters. The van der Waals surface area contributed by atoms with Gasteiger partial charge in [0.2, 0.25) is 0 Å². The average molecular weight is 228 g/mol. The molecule has 2 aromatic rings. The topological polar surface area (TPSA) is 96.5 Å². The molecule has 2 heterocycles. The minimum absolute atomic E-state index is 0.140. The second-order valence-electron chi connectivity index (χ2n) is 3.10. The van der Waals surface area contributed by atoms with E-state index < -0.39 is 0 Å². The van der Waals surface area contributed by atoms with Crippen molar-refractivity contribution < 1.29 is 4.79 Å². The van der Waals surface area contributed by atoms with Crippen LogP contribution >= 0.6 is 0 Å². The zero-order valence-electron chi connectivity index (χ0n) is 8.74. The van der Waals surface area contributed by atoms with E-state index in [9.17, 15) is 4.79 Å². The van der Waals surface area contributed by atoms with Crippen LogP contribution in [0.1, 0.15) is 10.5 Å². The van der Waals surface area contributed by atoms with Gasteiger partial charge in [-0.1, -0.05) is 0 Å². The molecule has 0 aromatic carbocycles. The van der Waals surface area contributed by atoms with Gasteiger partial charge in [-0.15, -0.1) is 0 Å². The van der Waals surface area contributed by atoms with E-state index in [0.717, 1.165) is 0 Å².